The van der Waals surface area contributed by atoms with Crippen LogP contribution in [0, 0.1) is 29.6 Å². The van der Waals surface area contributed by atoms with Gasteiger partial charge in [-0.25, -0.2) is 9.97 Å². The fourth-order valence-electron chi connectivity index (χ4n) is 4.28. The van der Waals surface area contributed by atoms with Gasteiger partial charge >= 0.3 is 0 Å². The smallest absolute Gasteiger partial charge is 0.225 e. The second kappa shape index (κ2) is 13.5. The van der Waals surface area contributed by atoms with Gasteiger partial charge in [0.1, 0.15) is 11.1 Å². The molecule has 0 spiro atoms. The summed E-state index contributed by atoms with van der Waals surface area (Å²) in [4.78, 5) is 12.6. The van der Waals surface area contributed by atoms with Gasteiger partial charge in [-0.15, -0.1) is 24.2 Å². The SMILES string of the molecule is C#C.C/C(=C\C(=N)[C@H]1CCCc2sc(N)c(C#N)c21)c1ccnc(N2CCCNCC2)n1.CC. The van der Waals surface area contributed by atoms with Crippen LogP contribution in [0.5, 0.6) is 0 Å². The summed E-state index contributed by atoms with van der Waals surface area (Å²) in [5.41, 5.74) is 9.89. The predicted octanol–water partition coefficient (Wildman–Crippen LogP) is 4.61. The van der Waals surface area contributed by atoms with Crippen molar-refractivity contribution in [3.05, 3.63) is 40.0 Å². The van der Waals surface area contributed by atoms with Crippen molar-refractivity contribution >= 4 is 33.6 Å². The number of nitriles is 1. The molecule has 1 aliphatic carbocycles. The number of thiophene rings is 1. The Morgan fingerprint density at radius 2 is 2.09 bits per heavy atom. The van der Waals surface area contributed by atoms with Crippen LogP contribution in [0.2, 0.25) is 0 Å². The normalized spacial score (nSPS) is 17.6. The number of terminal acetylenes is 1. The molecule has 4 N–H and O–H groups in total. The van der Waals surface area contributed by atoms with E-state index in [1.54, 1.807) is 6.20 Å². The maximum atomic E-state index is 9.56. The van der Waals surface area contributed by atoms with Crippen molar-refractivity contribution in [2.75, 3.05) is 36.8 Å². The van der Waals surface area contributed by atoms with Crippen molar-refractivity contribution in [3.63, 3.8) is 0 Å². The molecule has 2 aliphatic rings. The van der Waals surface area contributed by atoms with Crippen molar-refractivity contribution < 1.29 is 0 Å². The number of nitrogens with one attached hydrogen (secondary N) is 2. The van der Waals surface area contributed by atoms with E-state index >= 15 is 0 Å². The number of nitrogen functional groups attached to an aromatic ring is 1. The average molecular weight is 478 g/mol. The maximum Gasteiger partial charge on any atom is 0.225 e. The van der Waals surface area contributed by atoms with E-state index in [2.05, 4.69) is 34.1 Å². The van der Waals surface area contributed by atoms with Crippen LogP contribution in [0.15, 0.2) is 18.3 Å². The van der Waals surface area contributed by atoms with Crippen LogP contribution in [0.4, 0.5) is 10.9 Å². The minimum atomic E-state index is -0.0788. The lowest BCUT2D eigenvalue weighted by Gasteiger charge is -2.23. The van der Waals surface area contributed by atoms with Crippen molar-refractivity contribution in [1.82, 2.24) is 15.3 Å². The van der Waals surface area contributed by atoms with E-state index in [9.17, 15) is 5.26 Å². The van der Waals surface area contributed by atoms with Gasteiger partial charge in [0, 0.05) is 42.3 Å². The highest BCUT2D eigenvalue weighted by Crippen LogP contribution is 2.42. The number of rotatable bonds is 4. The summed E-state index contributed by atoms with van der Waals surface area (Å²) >= 11 is 1.50. The Labute approximate surface area is 207 Å². The zero-order valence-electron chi connectivity index (χ0n) is 20.4. The van der Waals surface area contributed by atoms with Crippen LogP contribution >= 0.6 is 11.3 Å². The standard InChI is InChI=1S/C22H27N7S.C2H6.C2H2/c1-14(18-6-8-27-22(28-18)29-10-3-7-26-9-11-29)12-17(24)15-4-2-5-19-20(15)16(13-23)21(25)30-19;2*1-2/h6,8,12,15,24,26H,2-5,7,9-11,25H2,1H3;1-2H3;1-2H/b14-12+,24-17?;;/t15-;;/m1../s1. The summed E-state index contributed by atoms with van der Waals surface area (Å²) < 4.78 is 0. The molecule has 34 heavy (non-hydrogen) atoms. The molecule has 0 bridgehead atoms. The highest BCUT2D eigenvalue weighted by molar-refractivity contribution is 7.16. The molecule has 1 fully saturated rings. The van der Waals surface area contributed by atoms with Gasteiger partial charge in [-0.05, 0) is 62.4 Å². The number of hydrogen-bond donors (Lipinski definition) is 3. The van der Waals surface area contributed by atoms with Crippen molar-refractivity contribution in [2.45, 2.75) is 52.4 Å². The predicted molar refractivity (Wildman–Crippen MR) is 143 cm³/mol. The van der Waals surface area contributed by atoms with Gasteiger partial charge in [-0.1, -0.05) is 13.8 Å². The third kappa shape index (κ3) is 6.22. The molecule has 180 valence electrons. The van der Waals surface area contributed by atoms with Crippen molar-refractivity contribution in [2.24, 2.45) is 0 Å². The molecule has 2 aromatic rings. The number of fused-ring (bicyclic) bond motifs is 1. The van der Waals surface area contributed by atoms with E-state index in [0.717, 1.165) is 79.5 Å². The summed E-state index contributed by atoms with van der Waals surface area (Å²) in [6, 6.07) is 4.16. The van der Waals surface area contributed by atoms with Gasteiger partial charge in [0.2, 0.25) is 5.95 Å². The third-order valence-electron chi connectivity index (χ3n) is 5.82. The van der Waals surface area contributed by atoms with Crippen molar-refractivity contribution in [3.8, 4) is 18.9 Å². The molecule has 1 atom stereocenters. The summed E-state index contributed by atoms with van der Waals surface area (Å²) in [5.74, 6) is 0.665. The zero-order valence-corrected chi connectivity index (χ0v) is 21.2. The monoisotopic (exact) mass is 477 g/mol. The molecule has 4 rings (SSSR count). The first kappa shape index (κ1) is 27.0. The van der Waals surface area contributed by atoms with E-state index < -0.39 is 0 Å². The Morgan fingerprint density at radius 1 is 1.32 bits per heavy atom. The minimum absolute atomic E-state index is 0.0788. The van der Waals surface area contributed by atoms with Crippen LogP contribution in [0.3, 0.4) is 0 Å². The molecule has 0 saturated carbocycles. The summed E-state index contributed by atoms with van der Waals surface area (Å²) in [6.45, 7) is 9.77. The maximum absolute atomic E-state index is 9.56. The molecule has 3 heterocycles. The molecule has 1 saturated heterocycles. The van der Waals surface area contributed by atoms with E-state index in [1.807, 2.05) is 32.9 Å². The number of nitrogens with two attached hydrogens (primary N) is 1. The zero-order chi connectivity index (χ0) is 25.1. The largest absolute Gasteiger partial charge is 0.389 e. The summed E-state index contributed by atoms with van der Waals surface area (Å²) in [7, 11) is 0. The molecule has 7 nitrogen and oxygen atoms in total. The van der Waals surface area contributed by atoms with Gasteiger partial charge in [0.15, 0.2) is 0 Å². The lowest BCUT2D eigenvalue weighted by molar-refractivity contribution is 0.658. The Kier molecular flexibility index (Phi) is 10.7. The first-order valence-electron chi connectivity index (χ1n) is 11.8. The van der Waals surface area contributed by atoms with E-state index in [-0.39, 0.29) is 5.92 Å². The van der Waals surface area contributed by atoms with Gasteiger partial charge in [-0.3, -0.25) is 0 Å². The molecule has 0 aromatic carbocycles. The van der Waals surface area contributed by atoms with Crippen molar-refractivity contribution in [1.29, 1.82) is 10.7 Å². The second-order valence-corrected chi connectivity index (χ2v) is 8.99. The van der Waals surface area contributed by atoms with E-state index in [1.165, 1.54) is 11.3 Å². The van der Waals surface area contributed by atoms with Gasteiger partial charge in [0.25, 0.3) is 0 Å². The fourth-order valence-corrected chi connectivity index (χ4v) is 5.40. The van der Waals surface area contributed by atoms with Gasteiger partial charge in [-0.2, -0.15) is 5.26 Å². The number of aryl methyl sites for hydroxylation is 1. The number of aromatic nitrogens is 2. The summed E-state index contributed by atoms with van der Waals surface area (Å²) in [5, 5.41) is 22.3. The van der Waals surface area contributed by atoms with Crippen LogP contribution < -0.4 is 16.0 Å². The van der Waals surface area contributed by atoms with Gasteiger partial charge < -0.3 is 21.4 Å². The third-order valence-corrected chi connectivity index (χ3v) is 6.92. The van der Waals surface area contributed by atoms with E-state index in [0.29, 0.717) is 16.3 Å². The summed E-state index contributed by atoms with van der Waals surface area (Å²) in [6.07, 6.45) is 15.6. The lowest BCUT2D eigenvalue weighted by atomic mass is 9.81. The van der Waals surface area contributed by atoms with E-state index in [4.69, 9.17) is 16.1 Å². The molecular weight excluding hydrogens is 442 g/mol. The Balaban J connectivity index is 0.000000970. The quantitative estimate of drug-likeness (QED) is 0.438. The number of allylic oxidation sites excluding steroid dienone is 2. The first-order chi connectivity index (χ1) is 16.6. The minimum Gasteiger partial charge on any atom is -0.389 e. The topological polar surface area (TPSA) is 115 Å². The molecule has 0 radical (unpaired) electrons. The molecule has 0 unspecified atom stereocenters. The fraction of sp³-hybridized carbons (Fsp3) is 0.462. The first-order valence-corrected chi connectivity index (χ1v) is 12.6. The molecular formula is C26H35N7S. The van der Waals surface area contributed by atoms with Crippen LogP contribution in [0.25, 0.3) is 5.57 Å². The highest BCUT2D eigenvalue weighted by atomic mass is 32.1. The Hall–Kier alpha value is -3.20. The molecule has 0 amide bonds. The Bertz CT molecular complexity index is 1050. The molecule has 8 heteroatoms. The second-order valence-electron chi connectivity index (χ2n) is 7.85. The number of anilines is 2. The molecule has 2 aromatic heterocycles. The molecule has 1 aliphatic heterocycles. The lowest BCUT2D eigenvalue weighted by Crippen LogP contribution is -2.29. The Morgan fingerprint density at radius 3 is 2.82 bits per heavy atom. The number of nitrogens with zero attached hydrogens (tertiary/aromatic N) is 4. The van der Waals surface area contributed by atoms with Gasteiger partial charge in [0.05, 0.1) is 11.3 Å². The highest BCUT2D eigenvalue weighted by Gasteiger charge is 2.29. The average Bonchev–Trinajstić information content (AvgIpc) is 3.03. The van der Waals surface area contributed by atoms with Crippen LogP contribution in [0.1, 0.15) is 67.6 Å². The van der Waals surface area contributed by atoms with Crippen LogP contribution in [-0.4, -0.2) is 41.9 Å². The van der Waals surface area contributed by atoms with Crippen LogP contribution in [-0.2, 0) is 6.42 Å². The number of hydrogen-bond acceptors (Lipinski definition) is 8.